The zero-order valence-electron chi connectivity index (χ0n) is 11.9. The van der Waals surface area contributed by atoms with Gasteiger partial charge in [-0.3, -0.25) is 4.79 Å². The molecule has 1 atom stereocenters. The van der Waals surface area contributed by atoms with E-state index in [-0.39, 0.29) is 11.9 Å². The third kappa shape index (κ3) is 2.69. The van der Waals surface area contributed by atoms with E-state index >= 15 is 0 Å². The molecule has 0 bridgehead atoms. The Morgan fingerprint density at radius 1 is 1.30 bits per heavy atom. The summed E-state index contributed by atoms with van der Waals surface area (Å²) < 4.78 is 10.5. The Labute approximate surface area is 123 Å². The topological polar surface area (TPSA) is 50.8 Å². The molecule has 0 saturated carbocycles. The summed E-state index contributed by atoms with van der Waals surface area (Å²) in [5.41, 5.74) is 0.684. The van der Waals surface area contributed by atoms with E-state index in [9.17, 15) is 4.79 Å². The monoisotopic (exact) mass is 298 g/mol. The van der Waals surface area contributed by atoms with Crippen molar-refractivity contribution in [3.05, 3.63) is 17.2 Å². The SMILES string of the molecule is CNC1CCCN(c2cc(Cl)c(OC)cc2OC)C1=O. The molecule has 5 nitrogen and oxygen atoms in total. The number of methoxy groups -OCH3 is 2. The van der Waals surface area contributed by atoms with Crippen molar-refractivity contribution < 1.29 is 14.3 Å². The molecule has 0 radical (unpaired) electrons. The predicted molar refractivity (Wildman–Crippen MR) is 79.0 cm³/mol. The highest BCUT2D eigenvalue weighted by molar-refractivity contribution is 6.32. The molecule has 1 amide bonds. The third-order valence-corrected chi connectivity index (χ3v) is 3.83. The number of carbonyl (C=O) groups is 1. The largest absolute Gasteiger partial charge is 0.495 e. The zero-order valence-corrected chi connectivity index (χ0v) is 12.7. The summed E-state index contributed by atoms with van der Waals surface area (Å²) in [4.78, 5) is 14.1. The highest BCUT2D eigenvalue weighted by atomic mass is 35.5. The van der Waals surface area contributed by atoms with Gasteiger partial charge in [-0.1, -0.05) is 11.6 Å². The van der Waals surface area contributed by atoms with E-state index in [1.165, 1.54) is 0 Å². The second-order valence-corrected chi connectivity index (χ2v) is 5.04. The summed E-state index contributed by atoms with van der Waals surface area (Å²) in [6, 6.07) is 3.26. The Hall–Kier alpha value is -1.46. The Kier molecular flexibility index (Phi) is 4.73. The molecule has 20 heavy (non-hydrogen) atoms. The molecule has 1 aliphatic heterocycles. The average molecular weight is 299 g/mol. The van der Waals surface area contributed by atoms with Crippen molar-refractivity contribution in [2.45, 2.75) is 18.9 Å². The van der Waals surface area contributed by atoms with Gasteiger partial charge < -0.3 is 19.7 Å². The van der Waals surface area contributed by atoms with Crippen LogP contribution in [-0.2, 0) is 4.79 Å². The van der Waals surface area contributed by atoms with Crippen molar-refractivity contribution in [3.8, 4) is 11.5 Å². The minimum Gasteiger partial charge on any atom is -0.495 e. The van der Waals surface area contributed by atoms with Crippen LogP contribution in [0.5, 0.6) is 11.5 Å². The summed E-state index contributed by atoms with van der Waals surface area (Å²) in [6.07, 6.45) is 1.78. The molecular weight excluding hydrogens is 280 g/mol. The van der Waals surface area contributed by atoms with Gasteiger partial charge in [-0.25, -0.2) is 0 Å². The molecule has 1 saturated heterocycles. The van der Waals surface area contributed by atoms with E-state index in [1.807, 2.05) is 0 Å². The fourth-order valence-corrected chi connectivity index (χ4v) is 2.67. The number of nitrogens with one attached hydrogen (secondary N) is 1. The van der Waals surface area contributed by atoms with Gasteiger partial charge in [0, 0.05) is 12.6 Å². The fourth-order valence-electron chi connectivity index (χ4n) is 2.44. The van der Waals surface area contributed by atoms with Gasteiger partial charge in [0.05, 0.1) is 31.0 Å². The maximum atomic E-state index is 12.4. The van der Waals surface area contributed by atoms with Crippen LogP contribution in [0, 0.1) is 0 Å². The molecule has 1 aromatic carbocycles. The first-order chi connectivity index (χ1) is 9.62. The number of halogens is 1. The van der Waals surface area contributed by atoms with Gasteiger partial charge in [0.2, 0.25) is 5.91 Å². The summed E-state index contributed by atoms with van der Waals surface area (Å²) >= 11 is 6.16. The number of anilines is 1. The predicted octanol–water partition coefficient (Wildman–Crippen LogP) is 2.07. The Morgan fingerprint density at radius 2 is 2.00 bits per heavy atom. The maximum absolute atomic E-state index is 12.4. The lowest BCUT2D eigenvalue weighted by molar-refractivity contribution is -0.121. The molecule has 110 valence electrons. The van der Waals surface area contributed by atoms with E-state index < -0.39 is 0 Å². The van der Waals surface area contributed by atoms with E-state index in [1.54, 1.807) is 38.3 Å². The van der Waals surface area contributed by atoms with Crippen LogP contribution in [0.2, 0.25) is 5.02 Å². The van der Waals surface area contributed by atoms with Gasteiger partial charge in [0.15, 0.2) is 0 Å². The van der Waals surface area contributed by atoms with E-state index in [4.69, 9.17) is 21.1 Å². The highest BCUT2D eigenvalue weighted by Crippen LogP contribution is 2.39. The second-order valence-electron chi connectivity index (χ2n) is 4.63. The first kappa shape index (κ1) is 14.9. The van der Waals surface area contributed by atoms with Crippen LogP contribution in [0.4, 0.5) is 5.69 Å². The van der Waals surface area contributed by atoms with Crippen molar-refractivity contribution in [2.75, 3.05) is 32.7 Å². The Morgan fingerprint density at radius 3 is 2.60 bits per heavy atom. The smallest absolute Gasteiger partial charge is 0.244 e. The second kappa shape index (κ2) is 6.33. The number of ether oxygens (including phenoxy) is 2. The first-order valence-electron chi connectivity index (χ1n) is 6.52. The van der Waals surface area contributed by atoms with Crippen molar-refractivity contribution in [2.24, 2.45) is 0 Å². The number of rotatable bonds is 4. The molecule has 1 heterocycles. The van der Waals surface area contributed by atoms with E-state index in [0.29, 0.717) is 28.8 Å². The molecule has 0 aliphatic carbocycles. The van der Waals surface area contributed by atoms with Crippen LogP contribution < -0.4 is 19.7 Å². The van der Waals surface area contributed by atoms with Crippen LogP contribution in [0.3, 0.4) is 0 Å². The number of hydrogen-bond donors (Lipinski definition) is 1. The van der Waals surface area contributed by atoms with Crippen LogP contribution in [0.15, 0.2) is 12.1 Å². The Bertz CT molecular complexity index is 507. The highest BCUT2D eigenvalue weighted by Gasteiger charge is 2.30. The van der Waals surface area contributed by atoms with Crippen LogP contribution >= 0.6 is 11.6 Å². The standard InChI is InChI=1S/C14H19ClN2O3/c1-16-10-5-4-6-17(14(10)18)11-7-9(15)12(19-2)8-13(11)20-3/h7-8,10,16H,4-6H2,1-3H3. The molecule has 2 rings (SSSR count). The molecule has 1 aliphatic rings. The number of hydrogen-bond acceptors (Lipinski definition) is 4. The van der Waals surface area contributed by atoms with Crippen molar-refractivity contribution in [1.82, 2.24) is 5.32 Å². The molecule has 1 fully saturated rings. The summed E-state index contributed by atoms with van der Waals surface area (Å²) in [7, 11) is 4.91. The quantitative estimate of drug-likeness (QED) is 0.924. The number of carbonyl (C=O) groups excluding carboxylic acids is 1. The zero-order chi connectivity index (χ0) is 14.7. The minimum absolute atomic E-state index is 0.0401. The number of likely N-dealkylation sites (N-methyl/N-ethyl adjacent to an activating group) is 1. The number of nitrogens with zero attached hydrogens (tertiary/aromatic N) is 1. The lowest BCUT2D eigenvalue weighted by Crippen LogP contribution is -2.49. The van der Waals surface area contributed by atoms with Crippen LogP contribution in [0.1, 0.15) is 12.8 Å². The van der Waals surface area contributed by atoms with Gasteiger partial charge in [0.25, 0.3) is 0 Å². The average Bonchev–Trinajstić information content (AvgIpc) is 2.47. The molecule has 6 heteroatoms. The van der Waals surface area contributed by atoms with Gasteiger partial charge in [0.1, 0.15) is 11.5 Å². The molecule has 1 aromatic rings. The third-order valence-electron chi connectivity index (χ3n) is 3.53. The van der Waals surface area contributed by atoms with Crippen molar-refractivity contribution in [1.29, 1.82) is 0 Å². The number of piperidine rings is 1. The van der Waals surface area contributed by atoms with Crippen molar-refractivity contribution in [3.63, 3.8) is 0 Å². The van der Waals surface area contributed by atoms with Crippen LogP contribution in [0.25, 0.3) is 0 Å². The van der Waals surface area contributed by atoms with E-state index in [2.05, 4.69) is 5.32 Å². The Balaban J connectivity index is 2.40. The lowest BCUT2D eigenvalue weighted by Gasteiger charge is -2.33. The molecule has 0 aromatic heterocycles. The first-order valence-corrected chi connectivity index (χ1v) is 6.90. The van der Waals surface area contributed by atoms with Gasteiger partial charge >= 0.3 is 0 Å². The van der Waals surface area contributed by atoms with Crippen molar-refractivity contribution >= 4 is 23.2 Å². The van der Waals surface area contributed by atoms with Gasteiger partial charge in [-0.15, -0.1) is 0 Å². The van der Waals surface area contributed by atoms with Crippen LogP contribution in [-0.4, -0.2) is 39.8 Å². The summed E-state index contributed by atoms with van der Waals surface area (Å²) in [6.45, 7) is 0.663. The van der Waals surface area contributed by atoms with E-state index in [0.717, 1.165) is 12.8 Å². The minimum atomic E-state index is -0.158. The van der Waals surface area contributed by atoms with Gasteiger partial charge in [-0.05, 0) is 26.0 Å². The molecule has 0 spiro atoms. The summed E-state index contributed by atoms with van der Waals surface area (Å²) in [5.74, 6) is 1.15. The summed E-state index contributed by atoms with van der Waals surface area (Å²) in [5, 5.41) is 3.50. The number of amides is 1. The fraction of sp³-hybridized carbons (Fsp3) is 0.500. The molecule has 1 N–H and O–H groups in total. The van der Waals surface area contributed by atoms with Gasteiger partial charge in [-0.2, -0.15) is 0 Å². The normalized spacial score (nSPS) is 19.1. The number of benzene rings is 1. The molecular formula is C14H19ClN2O3. The lowest BCUT2D eigenvalue weighted by atomic mass is 10.0. The molecule has 1 unspecified atom stereocenters. The maximum Gasteiger partial charge on any atom is 0.244 e.